The van der Waals surface area contributed by atoms with E-state index < -0.39 is 5.72 Å². The Bertz CT molecular complexity index is 402. The Morgan fingerprint density at radius 3 is 2.67 bits per heavy atom. The van der Waals surface area contributed by atoms with Gasteiger partial charge in [0.05, 0.1) is 0 Å². The molecular formula is C16H25NO. The van der Waals surface area contributed by atoms with E-state index in [0.717, 1.165) is 25.7 Å². The normalized spacial score (nSPS) is 28.6. The molecule has 2 heteroatoms. The van der Waals surface area contributed by atoms with E-state index in [1.54, 1.807) is 0 Å². The van der Waals surface area contributed by atoms with E-state index in [1.165, 1.54) is 17.5 Å². The van der Waals surface area contributed by atoms with Crippen molar-refractivity contribution >= 4 is 0 Å². The lowest BCUT2D eigenvalue weighted by atomic mass is 9.76. The fourth-order valence-corrected chi connectivity index (χ4v) is 3.17. The Labute approximate surface area is 111 Å². The zero-order chi connectivity index (χ0) is 13.2. The molecule has 0 heterocycles. The molecule has 1 N–H and O–H groups in total. The van der Waals surface area contributed by atoms with Gasteiger partial charge in [-0.05, 0) is 57.8 Å². The first kappa shape index (κ1) is 13.6. The third kappa shape index (κ3) is 2.60. The molecule has 0 radical (unpaired) electrons. The van der Waals surface area contributed by atoms with Crippen LogP contribution in [0.2, 0.25) is 0 Å². The van der Waals surface area contributed by atoms with Gasteiger partial charge in [0.25, 0.3) is 0 Å². The predicted octanol–water partition coefficient (Wildman–Crippen LogP) is 2.98. The second-order valence-corrected chi connectivity index (χ2v) is 5.85. The summed E-state index contributed by atoms with van der Waals surface area (Å²) in [6.45, 7) is 2.16. The molecule has 1 aromatic rings. The average Bonchev–Trinajstić information content (AvgIpc) is 2.34. The van der Waals surface area contributed by atoms with Crippen LogP contribution in [0.1, 0.15) is 36.8 Å². The smallest absolute Gasteiger partial charge is 0.121 e. The minimum Gasteiger partial charge on any atom is -0.375 e. The minimum absolute atomic E-state index is 0.349. The van der Waals surface area contributed by atoms with Gasteiger partial charge in [-0.1, -0.05) is 30.7 Å². The summed E-state index contributed by atoms with van der Waals surface area (Å²) in [5.41, 5.74) is 2.09. The number of rotatable bonds is 3. The first-order chi connectivity index (χ1) is 8.54. The highest BCUT2D eigenvalue weighted by atomic mass is 16.3. The molecule has 0 spiro atoms. The Morgan fingerprint density at radius 2 is 2.00 bits per heavy atom. The van der Waals surface area contributed by atoms with Crippen molar-refractivity contribution in [3.05, 3.63) is 35.4 Å². The fourth-order valence-electron chi connectivity index (χ4n) is 3.17. The van der Waals surface area contributed by atoms with Gasteiger partial charge in [0.2, 0.25) is 0 Å². The quantitative estimate of drug-likeness (QED) is 0.830. The van der Waals surface area contributed by atoms with Gasteiger partial charge in [0.1, 0.15) is 5.72 Å². The average molecular weight is 247 g/mol. The number of aliphatic hydroxyl groups is 1. The molecule has 100 valence electrons. The van der Waals surface area contributed by atoms with E-state index in [9.17, 15) is 5.11 Å². The topological polar surface area (TPSA) is 23.5 Å². The van der Waals surface area contributed by atoms with Crippen molar-refractivity contribution in [3.8, 4) is 0 Å². The summed E-state index contributed by atoms with van der Waals surface area (Å²) < 4.78 is 0. The van der Waals surface area contributed by atoms with Crippen LogP contribution in [0.25, 0.3) is 0 Å². The number of aryl methyl sites for hydroxylation is 1. The van der Waals surface area contributed by atoms with Crippen molar-refractivity contribution in [2.45, 2.75) is 44.8 Å². The summed E-state index contributed by atoms with van der Waals surface area (Å²) in [6, 6.07) is 8.53. The number of hydrogen-bond acceptors (Lipinski definition) is 2. The van der Waals surface area contributed by atoms with Gasteiger partial charge in [-0.3, -0.25) is 4.90 Å². The van der Waals surface area contributed by atoms with Crippen molar-refractivity contribution < 1.29 is 5.11 Å². The second-order valence-electron chi connectivity index (χ2n) is 5.85. The van der Waals surface area contributed by atoms with E-state index in [2.05, 4.69) is 31.2 Å². The van der Waals surface area contributed by atoms with E-state index >= 15 is 0 Å². The van der Waals surface area contributed by atoms with Gasteiger partial charge >= 0.3 is 0 Å². The number of nitrogens with zero attached hydrogens (tertiary/aromatic N) is 1. The molecule has 0 aliphatic heterocycles. The van der Waals surface area contributed by atoms with Crippen LogP contribution in [0.4, 0.5) is 0 Å². The molecule has 18 heavy (non-hydrogen) atoms. The van der Waals surface area contributed by atoms with E-state index in [0.29, 0.717) is 5.92 Å². The molecule has 1 saturated carbocycles. The maximum absolute atomic E-state index is 10.9. The van der Waals surface area contributed by atoms with Gasteiger partial charge in [0, 0.05) is 5.92 Å². The highest BCUT2D eigenvalue weighted by Crippen LogP contribution is 2.37. The van der Waals surface area contributed by atoms with Crippen LogP contribution in [0, 0.1) is 12.8 Å². The van der Waals surface area contributed by atoms with Crippen molar-refractivity contribution in [2.75, 3.05) is 14.1 Å². The Hall–Kier alpha value is -0.860. The van der Waals surface area contributed by atoms with Gasteiger partial charge in [-0.15, -0.1) is 0 Å². The fraction of sp³-hybridized carbons (Fsp3) is 0.625. The Balaban J connectivity index is 2.18. The molecule has 0 aromatic heterocycles. The van der Waals surface area contributed by atoms with Crippen LogP contribution in [-0.2, 0) is 6.42 Å². The van der Waals surface area contributed by atoms with Crippen LogP contribution < -0.4 is 0 Å². The first-order valence-electron chi connectivity index (χ1n) is 6.98. The van der Waals surface area contributed by atoms with Crippen LogP contribution in [0.5, 0.6) is 0 Å². The SMILES string of the molecule is Cc1ccccc1CC1CCCCC1(O)N(C)C. The molecule has 2 nitrogen and oxygen atoms in total. The second kappa shape index (κ2) is 5.41. The molecule has 2 unspecified atom stereocenters. The lowest BCUT2D eigenvalue weighted by molar-refractivity contribution is -0.148. The highest BCUT2D eigenvalue weighted by molar-refractivity contribution is 5.26. The first-order valence-corrected chi connectivity index (χ1v) is 6.98. The van der Waals surface area contributed by atoms with Crippen molar-refractivity contribution in [1.82, 2.24) is 4.90 Å². The summed E-state index contributed by atoms with van der Waals surface area (Å²) in [7, 11) is 3.99. The summed E-state index contributed by atoms with van der Waals surface area (Å²) in [5.74, 6) is 0.349. The molecule has 1 fully saturated rings. The molecule has 0 saturated heterocycles. The Kier molecular flexibility index (Phi) is 4.08. The molecule has 1 aliphatic rings. The third-order valence-corrected chi connectivity index (χ3v) is 4.50. The van der Waals surface area contributed by atoms with Crippen LogP contribution in [0.15, 0.2) is 24.3 Å². The van der Waals surface area contributed by atoms with Gasteiger partial charge in [-0.2, -0.15) is 0 Å². The zero-order valence-electron chi connectivity index (χ0n) is 11.8. The standard InChI is InChI=1S/C16H25NO/c1-13-8-4-5-9-14(13)12-15-10-6-7-11-16(15,18)17(2)3/h4-5,8-9,15,18H,6-7,10-12H2,1-3H3. The van der Waals surface area contributed by atoms with Crippen molar-refractivity contribution in [2.24, 2.45) is 5.92 Å². The van der Waals surface area contributed by atoms with Gasteiger partial charge in [-0.25, -0.2) is 0 Å². The monoisotopic (exact) mass is 247 g/mol. The highest BCUT2D eigenvalue weighted by Gasteiger charge is 2.40. The lowest BCUT2D eigenvalue weighted by Gasteiger charge is -2.45. The van der Waals surface area contributed by atoms with Gasteiger partial charge in [0.15, 0.2) is 0 Å². The summed E-state index contributed by atoms with van der Waals surface area (Å²) >= 11 is 0. The molecule has 1 aromatic carbocycles. The molecule has 2 rings (SSSR count). The van der Waals surface area contributed by atoms with Crippen molar-refractivity contribution in [1.29, 1.82) is 0 Å². The number of benzene rings is 1. The predicted molar refractivity (Wildman–Crippen MR) is 75.5 cm³/mol. The lowest BCUT2D eigenvalue weighted by Crippen LogP contribution is -2.52. The maximum atomic E-state index is 10.9. The zero-order valence-corrected chi connectivity index (χ0v) is 11.8. The number of hydrogen-bond donors (Lipinski definition) is 1. The van der Waals surface area contributed by atoms with Crippen LogP contribution in [-0.4, -0.2) is 29.8 Å². The summed E-state index contributed by atoms with van der Waals surface area (Å²) in [6.07, 6.45) is 5.40. The molecule has 1 aliphatic carbocycles. The van der Waals surface area contributed by atoms with Crippen LogP contribution >= 0.6 is 0 Å². The van der Waals surface area contributed by atoms with E-state index in [4.69, 9.17) is 0 Å². The van der Waals surface area contributed by atoms with Crippen LogP contribution in [0.3, 0.4) is 0 Å². The summed E-state index contributed by atoms with van der Waals surface area (Å²) in [5, 5.41) is 10.9. The van der Waals surface area contributed by atoms with Gasteiger partial charge < -0.3 is 5.11 Å². The van der Waals surface area contributed by atoms with E-state index in [1.807, 2.05) is 19.0 Å². The molecule has 0 amide bonds. The minimum atomic E-state index is -0.624. The maximum Gasteiger partial charge on any atom is 0.121 e. The molecule has 0 bridgehead atoms. The molecular weight excluding hydrogens is 222 g/mol. The van der Waals surface area contributed by atoms with Crippen molar-refractivity contribution in [3.63, 3.8) is 0 Å². The summed E-state index contributed by atoms with van der Waals surface area (Å²) in [4.78, 5) is 2.01. The van der Waals surface area contributed by atoms with E-state index in [-0.39, 0.29) is 0 Å². The third-order valence-electron chi connectivity index (χ3n) is 4.50. The Morgan fingerprint density at radius 1 is 1.28 bits per heavy atom. The molecule has 2 atom stereocenters. The largest absolute Gasteiger partial charge is 0.375 e.